The summed E-state index contributed by atoms with van der Waals surface area (Å²) >= 11 is 1.83. The molecule has 0 spiro atoms. The lowest BCUT2D eigenvalue weighted by Crippen LogP contribution is -1.91. The summed E-state index contributed by atoms with van der Waals surface area (Å²) in [5.74, 6) is 0. The van der Waals surface area contributed by atoms with Gasteiger partial charge in [0.25, 0.3) is 0 Å². The molecule has 3 heteroatoms. The van der Waals surface area contributed by atoms with Crippen molar-refractivity contribution in [3.63, 3.8) is 0 Å². The molecule has 186 valence electrons. The van der Waals surface area contributed by atoms with E-state index in [4.69, 9.17) is 4.42 Å². The highest BCUT2D eigenvalue weighted by Gasteiger charge is 2.19. The van der Waals surface area contributed by atoms with Crippen molar-refractivity contribution in [3.05, 3.63) is 133 Å². The lowest BCUT2D eigenvalue weighted by molar-refractivity contribution is 0.670. The Morgan fingerprint density at radius 3 is 2.17 bits per heavy atom. The van der Waals surface area contributed by atoms with E-state index in [1.54, 1.807) is 0 Å². The lowest BCUT2D eigenvalue weighted by atomic mass is 9.86. The third-order valence-electron chi connectivity index (χ3n) is 7.73. The Morgan fingerprint density at radius 1 is 0.525 bits per heavy atom. The van der Waals surface area contributed by atoms with Crippen molar-refractivity contribution >= 4 is 53.4 Å². The first kappa shape index (κ1) is 22.8. The van der Waals surface area contributed by atoms with Gasteiger partial charge in [-0.25, -0.2) is 0 Å². The minimum absolute atomic E-state index is 0.639. The van der Waals surface area contributed by atoms with Crippen LogP contribution in [0.5, 0.6) is 0 Å². The van der Waals surface area contributed by atoms with Crippen LogP contribution in [-0.2, 0) is 0 Å². The smallest absolute Gasteiger partial charge is 0.143 e. The maximum atomic E-state index is 9.73. The van der Waals surface area contributed by atoms with Crippen molar-refractivity contribution in [1.29, 1.82) is 5.26 Å². The molecule has 0 aliphatic rings. The van der Waals surface area contributed by atoms with Crippen LogP contribution >= 0.6 is 11.3 Å². The summed E-state index contributed by atoms with van der Waals surface area (Å²) in [6.07, 6.45) is 0. The lowest BCUT2D eigenvalue weighted by Gasteiger charge is -2.17. The van der Waals surface area contributed by atoms with Gasteiger partial charge >= 0.3 is 0 Å². The number of fused-ring (bicyclic) bond motifs is 6. The fourth-order valence-electron chi connectivity index (χ4n) is 5.93. The SMILES string of the molecule is N#Cc1cccc(-c2c(-c3ccc4c(c3)sc3ccccc34)cccc2-c2cccc3c2oc2ccccc23)c1. The summed E-state index contributed by atoms with van der Waals surface area (Å²) in [5, 5.41) is 14.5. The van der Waals surface area contributed by atoms with Gasteiger partial charge in [0, 0.05) is 36.5 Å². The molecule has 0 saturated carbocycles. The first-order valence-corrected chi connectivity index (χ1v) is 14.1. The van der Waals surface area contributed by atoms with Gasteiger partial charge in [-0.1, -0.05) is 97.1 Å². The molecule has 0 aliphatic carbocycles. The topological polar surface area (TPSA) is 36.9 Å². The van der Waals surface area contributed by atoms with Crippen molar-refractivity contribution in [1.82, 2.24) is 0 Å². The van der Waals surface area contributed by atoms with Gasteiger partial charge in [0.1, 0.15) is 11.2 Å². The molecule has 2 aromatic heterocycles. The number of hydrogen-bond acceptors (Lipinski definition) is 3. The highest BCUT2D eigenvalue weighted by molar-refractivity contribution is 7.25. The Kier molecular flexibility index (Phi) is 5.10. The average Bonchev–Trinajstić information content (AvgIpc) is 3.58. The van der Waals surface area contributed by atoms with Crippen LogP contribution in [0.4, 0.5) is 0 Å². The Balaban J connectivity index is 1.43. The summed E-state index contributed by atoms with van der Waals surface area (Å²) in [7, 11) is 0. The van der Waals surface area contributed by atoms with Gasteiger partial charge in [0.15, 0.2) is 0 Å². The van der Waals surface area contributed by atoms with Gasteiger partial charge in [-0.05, 0) is 58.1 Å². The van der Waals surface area contributed by atoms with Crippen molar-refractivity contribution < 1.29 is 4.42 Å². The average molecular weight is 528 g/mol. The van der Waals surface area contributed by atoms with Crippen LogP contribution in [0.1, 0.15) is 5.56 Å². The number of rotatable bonds is 3. The minimum Gasteiger partial charge on any atom is -0.455 e. The third kappa shape index (κ3) is 3.48. The van der Waals surface area contributed by atoms with E-state index in [1.165, 1.54) is 20.2 Å². The Morgan fingerprint density at radius 2 is 1.25 bits per heavy atom. The number of furan rings is 1. The molecular formula is C37H21NOS. The molecule has 0 unspecified atom stereocenters. The van der Waals surface area contributed by atoms with E-state index < -0.39 is 0 Å². The standard InChI is InChI=1S/C37H21NOS/c38-22-23-8-5-9-25(20-23)36-26(24-18-19-29-28-11-2-4-17-34(28)40-35(29)21-24)12-6-13-30(36)32-15-7-14-31-27-10-1-3-16-33(27)39-37(31)32/h1-21H. The number of nitriles is 1. The molecule has 0 N–H and O–H groups in total. The number of nitrogens with zero attached hydrogens (tertiary/aromatic N) is 1. The molecule has 0 bridgehead atoms. The molecule has 0 atom stereocenters. The predicted octanol–water partition coefficient (Wildman–Crippen LogP) is 10.8. The molecule has 0 amide bonds. The fraction of sp³-hybridized carbons (Fsp3) is 0. The summed E-state index contributed by atoms with van der Waals surface area (Å²) in [5.41, 5.74) is 8.88. The largest absolute Gasteiger partial charge is 0.455 e. The highest BCUT2D eigenvalue weighted by Crippen LogP contribution is 2.45. The third-order valence-corrected chi connectivity index (χ3v) is 8.86. The van der Waals surface area contributed by atoms with Crippen LogP contribution in [0.25, 0.3) is 75.5 Å². The maximum absolute atomic E-state index is 9.73. The fourth-order valence-corrected chi connectivity index (χ4v) is 7.07. The summed E-state index contributed by atoms with van der Waals surface area (Å²) in [4.78, 5) is 0. The van der Waals surface area contributed by atoms with Crippen molar-refractivity contribution in [2.45, 2.75) is 0 Å². The second kappa shape index (κ2) is 8.95. The predicted molar refractivity (Wildman–Crippen MR) is 168 cm³/mol. The number of thiophene rings is 1. The number of para-hydroxylation sites is 2. The molecule has 8 rings (SSSR count). The van der Waals surface area contributed by atoms with E-state index in [1.807, 2.05) is 47.7 Å². The molecule has 8 aromatic rings. The van der Waals surface area contributed by atoms with Gasteiger partial charge in [-0.15, -0.1) is 11.3 Å². The number of benzene rings is 6. The first-order chi connectivity index (χ1) is 19.8. The first-order valence-electron chi connectivity index (χ1n) is 13.2. The van der Waals surface area contributed by atoms with Crippen LogP contribution in [0, 0.1) is 11.3 Å². The second-order valence-electron chi connectivity index (χ2n) is 10.0. The van der Waals surface area contributed by atoms with Gasteiger partial charge in [0.2, 0.25) is 0 Å². The summed E-state index contributed by atoms with van der Waals surface area (Å²) in [6.45, 7) is 0. The van der Waals surface area contributed by atoms with Crippen LogP contribution in [0.2, 0.25) is 0 Å². The van der Waals surface area contributed by atoms with Crippen LogP contribution in [-0.4, -0.2) is 0 Å². The van der Waals surface area contributed by atoms with Crippen LogP contribution in [0.15, 0.2) is 132 Å². The van der Waals surface area contributed by atoms with Gasteiger partial charge < -0.3 is 4.42 Å². The normalized spacial score (nSPS) is 11.5. The quantitative estimate of drug-likeness (QED) is 0.229. The zero-order valence-electron chi connectivity index (χ0n) is 21.4. The molecule has 40 heavy (non-hydrogen) atoms. The summed E-state index contributed by atoms with van der Waals surface area (Å²) in [6, 6.07) is 46.6. The van der Waals surface area contributed by atoms with Crippen LogP contribution < -0.4 is 0 Å². The van der Waals surface area contributed by atoms with E-state index in [2.05, 4.69) is 97.1 Å². The second-order valence-corrected chi connectivity index (χ2v) is 11.1. The van der Waals surface area contributed by atoms with E-state index in [0.29, 0.717) is 5.56 Å². The molecule has 6 aromatic carbocycles. The van der Waals surface area contributed by atoms with Gasteiger partial charge in [-0.3, -0.25) is 0 Å². The highest BCUT2D eigenvalue weighted by atomic mass is 32.1. The van der Waals surface area contributed by atoms with Crippen molar-refractivity contribution in [3.8, 4) is 39.4 Å². The minimum atomic E-state index is 0.639. The van der Waals surface area contributed by atoms with Crippen molar-refractivity contribution in [2.24, 2.45) is 0 Å². The van der Waals surface area contributed by atoms with E-state index in [-0.39, 0.29) is 0 Å². The maximum Gasteiger partial charge on any atom is 0.143 e. The Labute approximate surface area is 235 Å². The molecule has 0 radical (unpaired) electrons. The molecule has 0 fully saturated rings. The molecule has 2 heterocycles. The van der Waals surface area contributed by atoms with Gasteiger partial charge in [-0.2, -0.15) is 5.26 Å². The molecular weight excluding hydrogens is 506 g/mol. The van der Waals surface area contributed by atoms with Crippen molar-refractivity contribution in [2.75, 3.05) is 0 Å². The Hall–Kier alpha value is -5.17. The van der Waals surface area contributed by atoms with E-state index in [9.17, 15) is 5.26 Å². The summed E-state index contributed by atoms with van der Waals surface area (Å²) < 4.78 is 9.02. The monoisotopic (exact) mass is 527 g/mol. The molecule has 0 aliphatic heterocycles. The van der Waals surface area contributed by atoms with E-state index >= 15 is 0 Å². The van der Waals surface area contributed by atoms with Crippen LogP contribution in [0.3, 0.4) is 0 Å². The van der Waals surface area contributed by atoms with E-state index in [0.717, 1.165) is 55.3 Å². The Bertz CT molecular complexity index is 2300. The molecule has 0 saturated heterocycles. The number of hydrogen-bond donors (Lipinski definition) is 0. The zero-order chi connectivity index (χ0) is 26.6. The molecule has 2 nitrogen and oxygen atoms in total. The van der Waals surface area contributed by atoms with Gasteiger partial charge in [0.05, 0.1) is 11.6 Å². The zero-order valence-corrected chi connectivity index (χ0v) is 22.2.